The maximum absolute atomic E-state index is 12.1. The summed E-state index contributed by atoms with van der Waals surface area (Å²) in [7, 11) is 2.16. The van der Waals surface area contributed by atoms with E-state index in [4.69, 9.17) is 0 Å². The lowest BCUT2D eigenvalue weighted by Crippen LogP contribution is -2.50. The van der Waals surface area contributed by atoms with Crippen molar-refractivity contribution in [3.63, 3.8) is 0 Å². The molecule has 0 spiro atoms. The quantitative estimate of drug-likeness (QED) is 0.576. The van der Waals surface area contributed by atoms with Crippen molar-refractivity contribution in [2.75, 3.05) is 20.1 Å². The third-order valence-electron chi connectivity index (χ3n) is 3.42. The van der Waals surface area contributed by atoms with Crippen LogP contribution in [0, 0.1) is 5.41 Å². The van der Waals surface area contributed by atoms with Crippen LogP contribution in [0.3, 0.4) is 0 Å². The number of nitrogens with zero attached hydrogens (tertiary/aromatic N) is 2. The first-order valence-corrected chi connectivity index (χ1v) is 5.41. The van der Waals surface area contributed by atoms with Gasteiger partial charge in [0.15, 0.2) is 0 Å². The zero-order valence-corrected chi connectivity index (χ0v) is 9.58. The maximum atomic E-state index is 12.1. The second-order valence-corrected chi connectivity index (χ2v) is 5.69. The summed E-state index contributed by atoms with van der Waals surface area (Å²) < 4.78 is 0. The van der Waals surface area contributed by atoms with E-state index in [1.807, 2.05) is 20.8 Å². The summed E-state index contributed by atoms with van der Waals surface area (Å²) >= 11 is 0. The lowest BCUT2D eigenvalue weighted by molar-refractivity contribution is -0.141. The fraction of sp³-hybridized carbons (Fsp3) is 0.909. The maximum Gasteiger partial charge on any atom is 0.228 e. The van der Waals surface area contributed by atoms with Gasteiger partial charge >= 0.3 is 0 Å². The van der Waals surface area contributed by atoms with Crippen LogP contribution in [0.4, 0.5) is 0 Å². The minimum Gasteiger partial charge on any atom is -0.336 e. The van der Waals surface area contributed by atoms with Gasteiger partial charge in [-0.15, -0.1) is 0 Å². The molecule has 0 aliphatic carbocycles. The molecule has 1 amide bonds. The van der Waals surface area contributed by atoms with Crippen molar-refractivity contribution in [1.82, 2.24) is 9.80 Å². The minimum absolute atomic E-state index is 0.219. The number of likely N-dealkylation sites (N-methyl/N-ethyl adjacent to an activating group) is 1. The van der Waals surface area contributed by atoms with Crippen LogP contribution in [-0.4, -0.2) is 47.9 Å². The molecule has 0 radical (unpaired) electrons. The average Bonchev–Trinajstić information content (AvgIpc) is 2.58. The van der Waals surface area contributed by atoms with Crippen LogP contribution >= 0.6 is 0 Å². The summed E-state index contributed by atoms with van der Waals surface area (Å²) in [6.07, 6.45) is 1.18. The Bertz CT molecular complexity index is 255. The van der Waals surface area contributed by atoms with Gasteiger partial charge in [-0.3, -0.25) is 9.69 Å². The van der Waals surface area contributed by atoms with Crippen LogP contribution in [-0.2, 0) is 4.79 Å². The predicted molar refractivity (Wildman–Crippen MR) is 56.0 cm³/mol. The summed E-state index contributed by atoms with van der Waals surface area (Å²) in [5.41, 5.74) is -0.219. The summed E-state index contributed by atoms with van der Waals surface area (Å²) in [4.78, 5) is 16.5. The number of rotatable bonds is 0. The summed E-state index contributed by atoms with van der Waals surface area (Å²) in [6.45, 7) is 8.02. The first-order valence-electron chi connectivity index (χ1n) is 5.41. The van der Waals surface area contributed by atoms with E-state index in [2.05, 4.69) is 16.8 Å². The fourth-order valence-electron chi connectivity index (χ4n) is 2.55. The second kappa shape index (κ2) is 2.96. The summed E-state index contributed by atoms with van der Waals surface area (Å²) in [6, 6.07) is 1.10. The molecule has 0 N–H and O–H groups in total. The number of hydrogen-bond acceptors (Lipinski definition) is 2. The molecule has 2 fully saturated rings. The fourth-order valence-corrected chi connectivity index (χ4v) is 2.55. The highest BCUT2D eigenvalue weighted by atomic mass is 16.2. The Balaban J connectivity index is 2.07. The molecule has 2 heterocycles. The Hall–Kier alpha value is -0.570. The van der Waals surface area contributed by atoms with E-state index in [1.54, 1.807) is 0 Å². The van der Waals surface area contributed by atoms with Gasteiger partial charge < -0.3 is 4.90 Å². The predicted octanol–water partition coefficient (Wildman–Crippen LogP) is 0.947. The van der Waals surface area contributed by atoms with E-state index in [-0.39, 0.29) is 5.41 Å². The number of piperazine rings is 1. The Morgan fingerprint density at radius 3 is 2.21 bits per heavy atom. The zero-order chi connectivity index (χ0) is 10.5. The molecule has 2 aliphatic rings. The van der Waals surface area contributed by atoms with Gasteiger partial charge in [0.05, 0.1) is 0 Å². The summed E-state index contributed by atoms with van der Waals surface area (Å²) in [5, 5.41) is 0. The normalized spacial score (nSPS) is 32.7. The molecule has 2 rings (SSSR count). The van der Waals surface area contributed by atoms with Crippen LogP contribution in [0.5, 0.6) is 0 Å². The highest BCUT2D eigenvalue weighted by Gasteiger charge is 2.45. The number of carbonyl (C=O) groups excluding carboxylic acids is 1. The molecular weight excluding hydrogens is 176 g/mol. The number of carbonyl (C=O) groups is 1. The Labute approximate surface area is 86.1 Å². The van der Waals surface area contributed by atoms with Gasteiger partial charge in [-0.2, -0.15) is 0 Å². The molecule has 14 heavy (non-hydrogen) atoms. The van der Waals surface area contributed by atoms with Crippen LogP contribution in [0.15, 0.2) is 0 Å². The molecule has 0 unspecified atom stereocenters. The highest BCUT2D eigenvalue weighted by molar-refractivity contribution is 5.82. The Morgan fingerprint density at radius 2 is 1.86 bits per heavy atom. The minimum atomic E-state index is -0.219. The first-order chi connectivity index (χ1) is 6.39. The molecule has 0 saturated carbocycles. The van der Waals surface area contributed by atoms with Crippen LogP contribution in [0.25, 0.3) is 0 Å². The molecule has 0 aromatic heterocycles. The van der Waals surface area contributed by atoms with Gasteiger partial charge in [0, 0.05) is 30.6 Å². The van der Waals surface area contributed by atoms with Crippen molar-refractivity contribution in [1.29, 1.82) is 0 Å². The highest BCUT2D eigenvalue weighted by Crippen LogP contribution is 2.32. The topological polar surface area (TPSA) is 23.6 Å². The van der Waals surface area contributed by atoms with E-state index in [9.17, 15) is 4.79 Å². The Kier molecular flexibility index (Phi) is 2.11. The van der Waals surface area contributed by atoms with E-state index in [1.165, 1.54) is 6.42 Å². The van der Waals surface area contributed by atoms with Gasteiger partial charge in [0.1, 0.15) is 0 Å². The van der Waals surface area contributed by atoms with Crippen LogP contribution in [0.1, 0.15) is 27.2 Å². The Morgan fingerprint density at radius 1 is 1.21 bits per heavy atom. The van der Waals surface area contributed by atoms with Crippen molar-refractivity contribution in [3.05, 3.63) is 0 Å². The SMILES string of the molecule is CN1C[C@@H]2C[C@H]1CN2C(=O)C(C)(C)C. The molecule has 3 nitrogen and oxygen atoms in total. The van der Waals surface area contributed by atoms with Crippen LogP contribution in [0.2, 0.25) is 0 Å². The number of hydrogen-bond donors (Lipinski definition) is 0. The standard InChI is InChI=1S/C11H20N2O/c1-11(2,3)10(14)13-7-8-5-9(13)6-12(8)4/h8-9H,5-7H2,1-4H3/t8-,9-/m0/s1. The molecule has 3 heteroatoms. The smallest absolute Gasteiger partial charge is 0.228 e. The molecule has 2 bridgehead atoms. The van der Waals surface area contributed by atoms with E-state index in [0.717, 1.165) is 13.1 Å². The second-order valence-electron chi connectivity index (χ2n) is 5.69. The van der Waals surface area contributed by atoms with E-state index in [0.29, 0.717) is 18.0 Å². The molecule has 2 atom stereocenters. The molecule has 0 aromatic rings. The number of likely N-dealkylation sites (tertiary alicyclic amines) is 2. The van der Waals surface area contributed by atoms with Crippen molar-refractivity contribution >= 4 is 5.91 Å². The number of fused-ring (bicyclic) bond motifs is 2. The molecular formula is C11H20N2O. The zero-order valence-electron chi connectivity index (χ0n) is 9.58. The van der Waals surface area contributed by atoms with Crippen molar-refractivity contribution in [2.24, 2.45) is 5.41 Å². The molecule has 2 aliphatic heterocycles. The lowest BCUT2D eigenvalue weighted by Gasteiger charge is -2.35. The van der Waals surface area contributed by atoms with Gasteiger partial charge in [-0.25, -0.2) is 0 Å². The molecule has 0 aromatic carbocycles. The van der Waals surface area contributed by atoms with E-state index >= 15 is 0 Å². The third kappa shape index (κ3) is 1.44. The average molecular weight is 196 g/mol. The summed E-state index contributed by atoms with van der Waals surface area (Å²) in [5.74, 6) is 0.318. The largest absolute Gasteiger partial charge is 0.336 e. The third-order valence-corrected chi connectivity index (χ3v) is 3.42. The van der Waals surface area contributed by atoms with Crippen molar-refractivity contribution in [2.45, 2.75) is 39.3 Å². The van der Waals surface area contributed by atoms with Crippen molar-refractivity contribution in [3.8, 4) is 0 Å². The van der Waals surface area contributed by atoms with Crippen LogP contribution < -0.4 is 0 Å². The number of amides is 1. The van der Waals surface area contributed by atoms with Gasteiger partial charge in [0.25, 0.3) is 0 Å². The molecule has 2 saturated heterocycles. The van der Waals surface area contributed by atoms with Crippen molar-refractivity contribution < 1.29 is 4.79 Å². The molecule has 80 valence electrons. The lowest BCUT2D eigenvalue weighted by atomic mass is 9.94. The monoisotopic (exact) mass is 196 g/mol. The van der Waals surface area contributed by atoms with E-state index < -0.39 is 0 Å². The first kappa shape index (κ1) is 9.97. The van der Waals surface area contributed by atoms with Gasteiger partial charge in [-0.1, -0.05) is 20.8 Å². The van der Waals surface area contributed by atoms with Gasteiger partial charge in [-0.05, 0) is 13.5 Å². The van der Waals surface area contributed by atoms with Gasteiger partial charge in [0.2, 0.25) is 5.91 Å².